The van der Waals surface area contributed by atoms with Crippen LogP contribution in [0.2, 0.25) is 0 Å². The largest absolute Gasteiger partial charge is 0.465 e. The summed E-state index contributed by atoms with van der Waals surface area (Å²) >= 11 is 1.26. The van der Waals surface area contributed by atoms with E-state index in [0.29, 0.717) is 5.75 Å². The molecule has 1 rings (SSSR count). The third-order valence-electron chi connectivity index (χ3n) is 2.86. The van der Waals surface area contributed by atoms with Crippen LogP contribution in [0.1, 0.15) is 19.8 Å². The highest BCUT2D eigenvalue weighted by atomic mass is 32.2. The Labute approximate surface area is 128 Å². The van der Waals surface area contributed by atoms with Gasteiger partial charge in [0.2, 0.25) is 11.8 Å². The fourth-order valence-electron chi connectivity index (χ4n) is 1.51. The van der Waals surface area contributed by atoms with E-state index in [9.17, 15) is 14.4 Å². The first-order chi connectivity index (χ1) is 9.93. The minimum absolute atomic E-state index is 0.0554. The number of esters is 1. The maximum absolute atomic E-state index is 11.8. The van der Waals surface area contributed by atoms with Crippen LogP contribution in [0.25, 0.3) is 0 Å². The van der Waals surface area contributed by atoms with Gasteiger partial charge in [0.25, 0.3) is 0 Å². The van der Waals surface area contributed by atoms with Crippen LogP contribution in [-0.2, 0) is 19.1 Å². The zero-order valence-electron chi connectivity index (χ0n) is 12.5. The van der Waals surface area contributed by atoms with Gasteiger partial charge in [0.15, 0.2) is 0 Å². The van der Waals surface area contributed by atoms with Crippen molar-refractivity contribution in [1.29, 1.82) is 0 Å². The lowest BCUT2D eigenvalue weighted by Gasteiger charge is -2.17. The van der Waals surface area contributed by atoms with Gasteiger partial charge < -0.3 is 20.7 Å². The van der Waals surface area contributed by atoms with Crippen LogP contribution >= 0.6 is 11.8 Å². The summed E-state index contributed by atoms with van der Waals surface area (Å²) in [7, 11) is 1.58. The van der Waals surface area contributed by atoms with Crippen molar-refractivity contribution >= 4 is 29.5 Å². The molecule has 8 heteroatoms. The number of nitrogens with zero attached hydrogens (tertiary/aromatic N) is 1. The number of nitrogens with one attached hydrogen (secondary N) is 1. The minimum Gasteiger partial charge on any atom is -0.465 e. The molecule has 0 aliphatic heterocycles. The normalized spacial score (nSPS) is 15.2. The summed E-state index contributed by atoms with van der Waals surface area (Å²) in [4.78, 5) is 36.1. The molecular formula is C13H23N3O4S. The van der Waals surface area contributed by atoms with E-state index in [-0.39, 0.29) is 36.8 Å². The third kappa shape index (κ3) is 7.33. The monoisotopic (exact) mass is 317 g/mol. The Balaban J connectivity index is 2.16. The molecule has 2 amide bonds. The molecule has 0 radical (unpaired) electrons. The van der Waals surface area contributed by atoms with Gasteiger partial charge in [-0.1, -0.05) is 0 Å². The molecule has 0 spiro atoms. The number of carbonyl (C=O) groups is 3. The van der Waals surface area contributed by atoms with Crippen molar-refractivity contribution in [1.82, 2.24) is 10.2 Å². The molecule has 0 saturated heterocycles. The molecule has 1 aliphatic carbocycles. The summed E-state index contributed by atoms with van der Waals surface area (Å²) in [5, 5.41) is 2.82. The predicted octanol–water partition coefficient (Wildman–Crippen LogP) is -0.653. The van der Waals surface area contributed by atoms with E-state index in [0.717, 1.165) is 12.8 Å². The zero-order valence-corrected chi connectivity index (χ0v) is 13.3. The summed E-state index contributed by atoms with van der Waals surface area (Å²) in [6, 6.07) is -0.441. The van der Waals surface area contributed by atoms with Crippen molar-refractivity contribution in [3.05, 3.63) is 0 Å². The van der Waals surface area contributed by atoms with E-state index in [1.165, 1.54) is 16.7 Å². The van der Waals surface area contributed by atoms with E-state index in [2.05, 4.69) is 5.32 Å². The zero-order chi connectivity index (χ0) is 15.8. The number of likely N-dealkylation sites (N-methyl/N-ethyl adjacent to an activating group) is 1. The Kier molecular flexibility index (Phi) is 7.52. The minimum atomic E-state index is -0.730. The van der Waals surface area contributed by atoms with E-state index in [1.54, 1.807) is 14.0 Å². The third-order valence-corrected chi connectivity index (χ3v) is 3.91. The Bertz CT molecular complexity index is 388. The molecular weight excluding hydrogens is 294 g/mol. The summed E-state index contributed by atoms with van der Waals surface area (Å²) in [5.41, 5.74) is 5.62. The van der Waals surface area contributed by atoms with E-state index >= 15 is 0 Å². The Hall–Kier alpha value is -1.28. The van der Waals surface area contributed by atoms with Crippen molar-refractivity contribution in [2.24, 2.45) is 5.73 Å². The first kappa shape index (κ1) is 17.8. The molecule has 7 nitrogen and oxygen atoms in total. The summed E-state index contributed by atoms with van der Waals surface area (Å²) < 4.78 is 4.78. The first-order valence-electron chi connectivity index (χ1n) is 6.97. The number of nitrogens with two attached hydrogens (primary N) is 1. The second-order valence-electron chi connectivity index (χ2n) is 4.97. The molecule has 1 atom stereocenters. The molecule has 0 bridgehead atoms. The van der Waals surface area contributed by atoms with Gasteiger partial charge in [-0.2, -0.15) is 0 Å². The van der Waals surface area contributed by atoms with Gasteiger partial charge in [-0.25, -0.2) is 0 Å². The molecule has 3 N–H and O–H groups in total. The Morgan fingerprint density at radius 1 is 1.43 bits per heavy atom. The summed E-state index contributed by atoms with van der Waals surface area (Å²) in [6.45, 7) is 2.05. The smallest absolute Gasteiger partial charge is 0.323 e. The highest BCUT2D eigenvalue weighted by Gasteiger charge is 2.24. The van der Waals surface area contributed by atoms with Crippen molar-refractivity contribution in [3.63, 3.8) is 0 Å². The molecule has 1 aliphatic rings. The summed E-state index contributed by atoms with van der Waals surface area (Å²) in [5.74, 6) is -0.273. The molecule has 0 aromatic rings. The quantitative estimate of drug-likeness (QED) is 0.548. The lowest BCUT2D eigenvalue weighted by molar-refractivity contribution is -0.144. The van der Waals surface area contributed by atoms with Crippen LogP contribution in [0.15, 0.2) is 0 Å². The molecule has 0 aromatic heterocycles. The standard InChI is InChI=1S/C13H23N3O4S/c1-3-20-13(19)10(14)7-21-8-12(18)16(2)6-11(17)15-9-4-5-9/h9-10H,3-8,14H2,1-2H3,(H,15,17). The number of amides is 2. The van der Waals surface area contributed by atoms with Crippen molar-refractivity contribution in [2.45, 2.75) is 31.8 Å². The lowest BCUT2D eigenvalue weighted by Crippen LogP contribution is -2.40. The van der Waals surface area contributed by atoms with Crippen LogP contribution in [0.3, 0.4) is 0 Å². The van der Waals surface area contributed by atoms with Gasteiger partial charge in [-0.15, -0.1) is 11.8 Å². The van der Waals surface area contributed by atoms with Crippen molar-refractivity contribution in [2.75, 3.05) is 31.7 Å². The topological polar surface area (TPSA) is 102 Å². The van der Waals surface area contributed by atoms with E-state index in [1.807, 2.05) is 0 Å². The number of hydrogen-bond acceptors (Lipinski definition) is 6. The van der Waals surface area contributed by atoms with Gasteiger partial charge in [-0.3, -0.25) is 14.4 Å². The van der Waals surface area contributed by atoms with Crippen molar-refractivity contribution in [3.8, 4) is 0 Å². The number of hydrogen-bond donors (Lipinski definition) is 2. The molecule has 21 heavy (non-hydrogen) atoms. The van der Waals surface area contributed by atoms with Crippen LogP contribution in [0.4, 0.5) is 0 Å². The Morgan fingerprint density at radius 3 is 2.67 bits per heavy atom. The maximum atomic E-state index is 11.8. The van der Waals surface area contributed by atoms with Crippen LogP contribution in [-0.4, -0.2) is 66.5 Å². The van der Waals surface area contributed by atoms with Crippen LogP contribution in [0, 0.1) is 0 Å². The molecule has 1 fully saturated rings. The maximum Gasteiger partial charge on any atom is 0.323 e. The lowest BCUT2D eigenvalue weighted by atomic mass is 10.4. The van der Waals surface area contributed by atoms with Crippen molar-refractivity contribution < 1.29 is 19.1 Å². The fraction of sp³-hybridized carbons (Fsp3) is 0.769. The Morgan fingerprint density at radius 2 is 2.10 bits per heavy atom. The second kappa shape index (κ2) is 8.89. The number of thioether (sulfide) groups is 1. The van der Waals surface area contributed by atoms with Crippen LogP contribution < -0.4 is 11.1 Å². The van der Waals surface area contributed by atoms with E-state index in [4.69, 9.17) is 10.5 Å². The highest BCUT2D eigenvalue weighted by molar-refractivity contribution is 8.00. The summed E-state index contributed by atoms with van der Waals surface area (Å²) in [6.07, 6.45) is 2.04. The first-order valence-corrected chi connectivity index (χ1v) is 8.12. The fourth-order valence-corrected chi connectivity index (χ4v) is 2.41. The average molecular weight is 317 g/mol. The number of rotatable bonds is 9. The second-order valence-corrected chi connectivity index (χ2v) is 6.00. The van der Waals surface area contributed by atoms with Crippen LogP contribution in [0.5, 0.6) is 0 Å². The average Bonchev–Trinajstić information content (AvgIpc) is 3.22. The molecule has 1 unspecified atom stereocenters. The van der Waals surface area contributed by atoms with Gasteiger partial charge in [-0.05, 0) is 19.8 Å². The molecule has 0 aromatic carbocycles. The predicted molar refractivity (Wildman–Crippen MR) is 80.7 cm³/mol. The molecule has 1 saturated carbocycles. The number of ether oxygens (including phenoxy) is 1. The van der Waals surface area contributed by atoms with Gasteiger partial charge in [0.1, 0.15) is 6.04 Å². The highest BCUT2D eigenvalue weighted by Crippen LogP contribution is 2.18. The van der Waals surface area contributed by atoms with Gasteiger partial charge >= 0.3 is 5.97 Å². The molecule has 120 valence electrons. The number of carbonyl (C=O) groups excluding carboxylic acids is 3. The van der Waals surface area contributed by atoms with Gasteiger partial charge in [0, 0.05) is 18.8 Å². The molecule has 0 heterocycles. The van der Waals surface area contributed by atoms with Gasteiger partial charge in [0.05, 0.1) is 18.9 Å². The SMILES string of the molecule is CCOC(=O)C(N)CSCC(=O)N(C)CC(=O)NC1CC1. The van der Waals surface area contributed by atoms with E-state index < -0.39 is 12.0 Å².